The fraction of sp³-hybridized carbons (Fsp3) is 0.300. The Kier molecular flexibility index (Phi) is 2.29. The second kappa shape index (κ2) is 3.46. The number of ether oxygens (including phenoxy) is 1. The highest BCUT2D eigenvalue weighted by Crippen LogP contribution is 2.23. The number of hydrogen-bond acceptors (Lipinski definition) is 2. The van der Waals surface area contributed by atoms with E-state index in [0.29, 0.717) is 11.1 Å². The standard InChI is InChI=1S/C10H8F2O2/c11-10(12)9-8(13)7-4-2-1-3-6(7)5-14-9/h1-4,9-10H,5H2. The van der Waals surface area contributed by atoms with Crippen LogP contribution in [0.1, 0.15) is 15.9 Å². The first kappa shape index (κ1) is 9.27. The van der Waals surface area contributed by atoms with Crippen LogP contribution in [0, 0.1) is 0 Å². The van der Waals surface area contributed by atoms with Gasteiger partial charge in [0, 0.05) is 5.56 Å². The number of Topliss-reactive ketones (excluding diaryl/α,β-unsaturated/α-hetero) is 1. The number of alkyl halides is 2. The maximum Gasteiger partial charge on any atom is 0.271 e. The van der Waals surface area contributed by atoms with Gasteiger partial charge >= 0.3 is 0 Å². The number of ketones is 1. The quantitative estimate of drug-likeness (QED) is 0.690. The van der Waals surface area contributed by atoms with Crippen molar-refractivity contribution in [3.05, 3.63) is 35.4 Å². The summed E-state index contributed by atoms with van der Waals surface area (Å²) in [4.78, 5) is 11.5. The van der Waals surface area contributed by atoms with Crippen molar-refractivity contribution in [3.63, 3.8) is 0 Å². The van der Waals surface area contributed by atoms with Crippen molar-refractivity contribution in [2.45, 2.75) is 19.1 Å². The van der Waals surface area contributed by atoms with Gasteiger partial charge in [0.05, 0.1) is 6.61 Å². The summed E-state index contributed by atoms with van der Waals surface area (Å²) < 4.78 is 29.4. The lowest BCUT2D eigenvalue weighted by Gasteiger charge is -2.22. The second-order valence-corrected chi connectivity index (χ2v) is 3.09. The van der Waals surface area contributed by atoms with Gasteiger partial charge in [0.25, 0.3) is 6.43 Å². The van der Waals surface area contributed by atoms with Crippen LogP contribution in [0.2, 0.25) is 0 Å². The fourth-order valence-corrected chi connectivity index (χ4v) is 1.48. The SMILES string of the molecule is O=C1c2ccccc2COC1C(F)F. The molecule has 1 unspecified atom stereocenters. The average molecular weight is 198 g/mol. The molecule has 0 amide bonds. The Balaban J connectivity index is 2.37. The summed E-state index contributed by atoms with van der Waals surface area (Å²) in [5, 5.41) is 0. The molecular formula is C10H8F2O2. The topological polar surface area (TPSA) is 26.3 Å². The summed E-state index contributed by atoms with van der Waals surface area (Å²) in [6.45, 7) is 0.0803. The summed E-state index contributed by atoms with van der Waals surface area (Å²) in [6, 6.07) is 6.66. The lowest BCUT2D eigenvalue weighted by Crippen LogP contribution is -2.35. The Hall–Kier alpha value is -1.29. The second-order valence-electron chi connectivity index (χ2n) is 3.09. The zero-order valence-electron chi connectivity index (χ0n) is 7.24. The van der Waals surface area contributed by atoms with E-state index in [1.54, 1.807) is 24.3 Å². The number of fused-ring (bicyclic) bond motifs is 1. The van der Waals surface area contributed by atoms with Gasteiger partial charge in [-0.2, -0.15) is 0 Å². The van der Waals surface area contributed by atoms with Crippen LogP contribution in [-0.2, 0) is 11.3 Å². The molecule has 1 aliphatic heterocycles. The van der Waals surface area contributed by atoms with Crippen molar-refractivity contribution >= 4 is 5.78 Å². The molecule has 0 aromatic heterocycles. The van der Waals surface area contributed by atoms with Gasteiger partial charge in [-0.25, -0.2) is 8.78 Å². The van der Waals surface area contributed by atoms with Crippen molar-refractivity contribution in [1.82, 2.24) is 0 Å². The molecule has 1 aliphatic rings. The predicted octanol–water partition coefficient (Wildman–Crippen LogP) is 2.03. The summed E-state index contributed by atoms with van der Waals surface area (Å²) in [6.07, 6.45) is -4.35. The molecule has 1 aromatic carbocycles. The number of halogens is 2. The Morgan fingerprint density at radius 2 is 2.07 bits per heavy atom. The summed E-state index contributed by atoms with van der Waals surface area (Å²) in [5.74, 6) is -0.623. The molecule has 4 heteroatoms. The number of rotatable bonds is 1. The molecule has 14 heavy (non-hydrogen) atoms. The third-order valence-corrected chi connectivity index (χ3v) is 2.19. The third kappa shape index (κ3) is 1.42. The molecule has 0 saturated heterocycles. The molecule has 1 aromatic rings. The van der Waals surface area contributed by atoms with Gasteiger partial charge in [-0.15, -0.1) is 0 Å². The molecule has 0 radical (unpaired) electrons. The largest absolute Gasteiger partial charge is 0.359 e. The van der Waals surface area contributed by atoms with Gasteiger partial charge < -0.3 is 4.74 Å². The first-order valence-corrected chi connectivity index (χ1v) is 4.22. The van der Waals surface area contributed by atoms with E-state index in [-0.39, 0.29) is 6.61 Å². The van der Waals surface area contributed by atoms with Crippen molar-refractivity contribution < 1.29 is 18.3 Å². The summed E-state index contributed by atoms with van der Waals surface area (Å²) in [5.41, 5.74) is 1.03. The Morgan fingerprint density at radius 3 is 2.79 bits per heavy atom. The highest BCUT2D eigenvalue weighted by atomic mass is 19.3. The van der Waals surface area contributed by atoms with E-state index in [9.17, 15) is 13.6 Å². The van der Waals surface area contributed by atoms with E-state index in [2.05, 4.69) is 0 Å². The first-order valence-electron chi connectivity index (χ1n) is 4.22. The molecule has 0 saturated carbocycles. The Labute approximate surface area is 79.5 Å². The zero-order chi connectivity index (χ0) is 10.1. The molecule has 2 nitrogen and oxygen atoms in total. The fourth-order valence-electron chi connectivity index (χ4n) is 1.48. The molecule has 2 rings (SSSR count). The number of carbonyl (C=O) groups is 1. The number of hydrogen-bond donors (Lipinski definition) is 0. The summed E-state index contributed by atoms with van der Waals surface area (Å²) >= 11 is 0. The molecule has 1 heterocycles. The van der Waals surface area contributed by atoms with Gasteiger partial charge in [-0.05, 0) is 5.56 Å². The lowest BCUT2D eigenvalue weighted by molar-refractivity contribution is -0.0505. The predicted molar refractivity (Wildman–Crippen MR) is 45.4 cm³/mol. The number of benzene rings is 1. The molecule has 1 atom stereocenters. The van der Waals surface area contributed by atoms with E-state index in [1.165, 1.54) is 0 Å². The molecule has 74 valence electrons. The van der Waals surface area contributed by atoms with E-state index < -0.39 is 18.3 Å². The van der Waals surface area contributed by atoms with E-state index in [1.807, 2.05) is 0 Å². The van der Waals surface area contributed by atoms with Crippen molar-refractivity contribution in [1.29, 1.82) is 0 Å². The van der Waals surface area contributed by atoms with Crippen LogP contribution in [0.5, 0.6) is 0 Å². The van der Waals surface area contributed by atoms with Gasteiger partial charge in [0.15, 0.2) is 11.9 Å². The van der Waals surface area contributed by atoms with Crippen LogP contribution in [0.3, 0.4) is 0 Å². The number of carbonyl (C=O) groups excluding carboxylic acids is 1. The van der Waals surface area contributed by atoms with Gasteiger partial charge in [-0.3, -0.25) is 4.79 Å². The highest BCUT2D eigenvalue weighted by Gasteiger charge is 2.34. The van der Waals surface area contributed by atoms with E-state index >= 15 is 0 Å². The van der Waals surface area contributed by atoms with Crippen molar-refractivity contribution in [3.8, 4) is 0 Å². The normalized spacial score (nSPS) is 21.1. The van der Waals surface area contributed by atoms with Crippen LogP contribution in [0.25, 0.3) is 0 Å². The zero-order valence-corrected chi connectivity index (χ0v) is 7.24. The van der Waals surface area contributed by atoms with Crippen LogP contribution in [-0.4, -0.2) is 18.3 Å². The first-order chi connectivity index (χ1) is 6.70. The van der Waals surface area contributed by atoms with Gasteiger partial charge in [0.1, 0.15) is 0 Å². The maximum atomic E-state index is 12.3. The highest BCUT2D eigenvalue weighted by molar-refractivity contribution is 6.01. The monoisotopic (exact) mass is 198 g/mol. The van der Waals surface area contributed by atoms with Crippen LogP contribution < -0.4 is 0 Å². The Bertz CT molecular complexity index is 363. The van der Waals surface area contributed by atoms with Crippen LogP contribution in [0.4, 0.5) is 8.78 Å². The molecule has 0 aliphatic carbocycles. The molecule has 0 spiro atoms. The van der Waals surface area contributed by atoms with Crippen molar-refractivity contribution in [2.75, 3.05) is 0 Å². The minimum atomic E-state index is -2.75. The van der Waals surface area contributed by atoms with Crippen molar-refractivity contribution in [2.24, 2.45) is 0 Å². The van der Waals surface area contributed by atoms with Crippen LogP contribution >= 0.6 is 0 Å². The molecule has 0 N–H and O–H groups in total. The van der Waals surface area contributed by atoms with E-state index in [4.69, 9.17) is 4.74 Å². The minimum Gasteiger partial charge on any atom is -0.359 e. The minimum absolute atomic E-state index is 0.0803. The Morgan fingerprint density at radius 1 is 1.36 bits per heavy atom. The maximum absolute atomic E-state index is 12.3. The lowest BCUT2D eigenvalue weighted by atomic mass is 9.98. The summed E-state index contributed by atoms with van der Waals surface area (Å²) in [7, 11) is 0. The van der Waals surface area contributed by atoms with Crippen LogP contribution in [0.15, 0.2) is 24.3 Å². The van der Waals surface area contributed by atoms with E-state index in [0.717, 1.165) is 0 Å². The average Bonchev–Trinajstić information content (AvgIpc) is 2.18. The van der Waals surface area contributed by atoms with Gasteiger partial charge in [0.2, 0.25) is 0 Å². The molecule has 0 bridgehead atoms. The molecule has 0 fully saturated rings. The molecular weight excluding hydrogens is 190 g/mol. The van der Waals surface area contributed by atoms with Gasteiger partial charge in [-0.1, -0.05) is 24.3 Å². The third-order valence-electron chi connectivity index (χ3n) is 2.19. The smallest absolute Gasteiger partial charge is 0.271 e.